The summed E-state index contributed by atoms with van der Waals surface area (Å²) in [5.74, 6) is -4.40. The van der Waals surface area contributed by atoms with Gasteiger partial charge in [0.1, 0.15) is 0 Å². The largest absolute Gasteiger partial charge is 0.478 e. The minimum absolute atomic E-state index is 0.109. The monoisotopic (exact) mass is 229 g/mol. The zero-order valence-electron chi connectivity index (χ0n) is 8.38. The molecule has 0 bridgehead atoms. The van der Waals surface area contributed by atoms with Crippen molar-refractivity contribution in [2.24, 2.45) is 0 Å². The van der Waals surface area contributed by atoms with E-state index in [4.69, 9.17) is 5.11 Å². The van der Waals surface area contributed by atoms with Crippen LogP contribution >= 0.6 is 0 Å². The molecule has 0 radical (unpaired) electrons. The lowest BCUT2D eigenvalue weighted by atomic mass is 10.1. The van der Waals surface area contributed by atoms with Crippen molar-refractivity contribution in [2.45, 2.75) is 13.3 Å². The number of anilines is 1. The van der Waals surface area contributed by atoms with E-state index in [-0.39, 0.29) is 12.1 Å². The van der Waals surface area contributed by atoms with Crippen LogP contribution in [0.25, 0.3) is 0 Å². The lowest BCUT2D eigenvalue weighted by molar-refractivity contribution is -0.115. The number of hydrogen-bond acceptors (Lipinski definition) is 2. The number of benzene rings is 1. The Balaban J connectivity index is 3.19. The average molecular weight is 229 g/mol. The molecule has 4 nitrogen and oxygen atoms in total. The summed E-state index contributed by atoms with van der Waals surface area (Å²) < 4.78 is 25.6. The van der Waals surface area contributed by atoms with Gasteiger partial charge in [0.05, 0.1) is 11.3 Å². The Morgan fingerprint density at radius 3 is 2.38 bits per heavy atom. The summed E-state index contributed by atoms with van der Waals surface area (Å²) in [7, 11) is 0. The van der Waals surface area contributed by atoms with Crippen molar-refractivity contribution >= 4 is 17.6 Å². The van der Waals surface area contributed by atoms with Crippen LogP contribution in [0.2, 0.25) is 0 Å². The standard InChI is InChI=1S/C10H9F2NO3/c1-2-9(14)13-8-4-7(12)6(11)3-5(8)10(15)16/h3-4H,2H2,1H3,(H,13,14)(H,15,16). The van der Waals surface area contributed by atoms with Crippen molar-refractivity contribution in [3.05, 3.63) is 29.3 Å². The lowest BCUT2D eigenvalue weighted by Gasteiger charge is -2.08. The third kappa shape index (κ3) is 2.53. The number of carboxylic acids is 1. The number of carbonyl (C=O) groups is 2. The van der Waals surface area contributed by atoms with Crippen molar-refractivity contribution < 1.29 is 23.5 Å². The van der Waals surface area contributed by atoms with Crippen molar-refractivity contribution in [3.63, 3.8) is 0 Å². The molecule has 2 N–H and O–H groups in total. The second-order valence-electron chi connectivity index (χ2n) is 3.02. The molecule has 0 aliphatic heterocycles. The summed E-state index contributed by atoms with van der Waals surface area (Å²) in [5.41, 5.74) is -0.737. The van der Waals surface area contributed by atoms with E-state index in [0.717, 1.165) is 0 Å². The van der Waals surface area contributed by atoms with Gasteiger partial charge in [-0.05, 0) is 6.07 Å². The molecule has 16 heavy (non-hydrogen) atoms. The maximum atomic E-state index is 12.9. The van der Waals surface area contributed by atoms with Gasteiger partial charge in [-0.1, -0.05) is 6.92 Å². The molecule has 0 fully saturated rings. The molecule has 6 heteroatoms. The fraction of sp³-hybridized carbons (Fsp3) is 0.200. The summed E-state index contributed by atoms with van der Waals surface area (Å²) in [6.07, 6.45) is 0.109. The fourth-order valence-electron chi connectivity index (χ4n) is 1.07. The smallest absolute Gasteiger partial charge is 0.337 e. The Kier molecular flexibility index (Phi) is 3.55. The Labute approximate surface area is 89.9 Å². The molecule has 1 aromatic carbocycles. The first-order valence-corrected chi connectivity index (χ1v) is 4.48. The number of hydrogen-bond donors (Lipinski definition) is 2. The summed E-state index contributed by atoms with van der Waals surface area (Å²) in [4.78, 5) is 21.7. The van der Waals surface area contributed by atoms with E-state index in [1.165, 1.54) is 0 Å². The number of amides is 1. The van der Waals surface area contributed by atoms with Gasteiger partial charge in [-0.25, -0.2) is 13.6 Å². The number of rotatable bonds is 3. The molecule has 0 aromatic heterocycles. The third-order valence-corrected chi connectivity index (χ3v) is 1.89. The Bertz CT molecular complexity index is 446. The molecule has 0 aliphatic carbocycles. The summed E-state index contributed by atoms with van der Waals surface area (Å²) >= 11 is 0. The van der Waals surface area contributed by atoms with Gasteiger partial charge < -0.3 is 10.4 Å². The van der Waals surface area contributed by atoms with Gasteiger partial charge >= 0.3 is 5.97 Å². The number of aromatic carboxylic acids is 1. The second-order valence-corrected chi connectivity index (χ2v) is 3.02. The molecule has 0 heterocycles. The first-order valence-electron chi connectivity index (χ1n) is 4.48. The molecule has 1 rings (SSSR count). The van der Waals surface area contributed by atoms with Crippen LogP contribution in [0, 0.1) is 11.6 Å². The highest BCUT2D eigenvalue weighted by Crippen LogP contribution is 2.20. The molecule has 0 unspecified atom stereocenters. The highest BCUT2D eigenvalue weighted by molar-refractivity contribution is 6.00. The third-order valence-electron chi connectivity index (χ3n) is 1.89. The van der Waals surface area contributed by atoms with E-state index in [1.54, 1.807) is 6.92 Å². The van der Waals surface area contributed by atoms with Crippen molar-refractivity contribution in [1.82, 2.24) is 0 Å². The highest BCUT2D eigenvalue weighted by Gasteiger charge is 2.16. The Hall–Kier alpha value is -1.98. The van der Waals surface area contributed by atoms with Crippen LogP contribution in [0.3, 0.4) is 0 Å². The zero-order chi connectivity index (χ0) is 12.3. The van der Waals surface area contributed by atoms with Gasteiger partial charge in [0, 0.05) is 12.5 Å². The van der Waals surface area contributed by atoms with E-state index in [2.05, 4.69) is 5.32 Å². The van der Waals surface area contributed by atoms with Gasteiger partial charge in [-0.15, -0.1) is 0 Å². The molecule has 86 valence electrons. The fourth-order valence-corrected chi connectivity index (χ4v) is 1.07. The van der Waals surface area contributed by atoms with E-state index in [0.29, 0.717) is 12.1 Å². The molecular weight excluding hydrogens is 220 g/mol. The molecule has 0 aliphatic rings. The van der Waals surface area contributed by atoms with Crippen molar-refractivity contribution in [1.29, 1.82) is 0 Å². The second kappa shape index (κ2) is 4.69. The highest BCUT2D eigenvalue weighted by atomic mass is 19.2. The molecular formula is C10H9F2NO3. The lowest BCUT2D eigenvalue weighted by Crippen LogP contribution is -2.14. The van der Waals surface area contributed by atoms with Gasteiger partial charge in [-0.3, -0.25) is 4.79 Å². The van der Waals surface area contributed by atoms with Crippen molar-refractivity contribution in [3.8, 4) is 0 Å². The van der Waals surface area contributed by atoms with Crippen LogP contribution in [0.1, 0.15) is 23.7 Å². The minimum atomic E-state index is -1.44. The maximum Gasteiger partial charge on any atom is 0.337 e. The topological polar surface area (TPSA) is 66.4 Å². The maximum absolute atomic E-state index is 12.9. The van der Waals surface area contributed by atoms with E-state index < -0.39 is 29.1 Å². The Morgan fingerprint density at radius 2 is 1.88 bits per heavy atom. The van der Waals surface area contributed by atoms with Crippen LogP contribution in [-0.4, -0.2) is 17.0 Å². The minimum Gasteiger partial charge on any atom is -0.478 e. The normalized spacial score (nSPS) is 9.94. The molecule has 1 amide bonds. The Morgan fingerprint density at radius 1 is 1.31 bits per heavy atom. The van der Waals surface area contributed by atoms with Crippen LogP contribution in [0.5, 0.6) is 0 Å². The molecule has 1 aromatic rings. The summed E-state index contributed by atoms with van der Waals surface area (Å²) in [6.45, 7) is 1.55. The average Bonchev–Trinajstić information content (AvgIpc) is 2.22. The molecule has 0 spiro atoms. The number of carboxylic acid groups (broad SMARTS) is 1. The van der Waals surface area contributed by atoms with Gasteiger partial charge in [0.25, 0.3) is 0 Å². The number of nitrogens with one attached hydrogen (secondary N) is 1. The zero-order valence-corrected chi connectivity index (χ0v) is 8.38. The first-order chi connectivity index (χ1) is 7.45. The van der Waals surface area contributed by atoms with Crippen LogP contribution in [0.4, 0.5) is 14.5 Å². The van der Waals surface area contributed by atoms with Crippen LogP contribution in [0.15, 0.2) is 12.1 Å². The number of halogens is 2. The molecule has 0 atom stereocenters. The predicted molar refractivity (Wildman–Crippen MR) is 52.2 cm³/mol. The molecule has 0 saturated carbocycles. The van der Waals surface area contributed by atoms with Crippen molar-refractivity contribution in [2.75, 3.05) is 5.32 Å². The SMILES string of the molecule is CCC(=O)Nc1cc(F)c(F)cc1C(=O)O. The number of carbonyl (C=O) groups excluding carboxylic acids is 1. The van der Waals surface area contributed by atoms with Crippen LogP contribution < -0.4 is 5.32 Å². The predicted octanol–water partition coefficient (Wildman–Crippen LogP) is 2.01. The first kappa shape index (κ1) is 12.1. The summed E-state index contributed by atoms with van der Waals surface area (Å²) in [5, 5.41) is 10.9. The van der Waals surface area contributed by atoms with Crippen LogP contribution in [-0.2, 0) is 4.79 Å². The van der Waals surface area contributed by atoms with E-state index in [9.17, 15) is 18.4 Å². The van der Waals surface area contributed by atoms with E-state index >= 15 is 0 Å². The van der Waals surface area contributed by atoms with Gasteiger partial charge in [0.15, 0.2) is 11.6 Å². The summed E-state index contributed by atoms with van der Waals surface area (Å²) in [6, 6.07) is 1.18. The van der Waals surface area contributed by atoms with Gasteiger partial charge in [0.2, 0.25) is 5.91 Å². The quantitative estimate of drug-likeness (QED) is 0.833. The van der Waals surface area contributed by atoms with Gasteiger partial charge in [-0.2, -0.15) is 0 Å². The molecule has 0 saturated heterocycles. The van der Waals surface area contributed by atoms with E-state index in [1.807, 2.05) is 0 Å².